The lowest BCUT2D eigenvalue weighted by Gasteiger charge is -2.10. The van der Waals surface area contributed by atoms with Gasteiger partial charge in [0.05, 0.1) is 11.0 Å². The fourth-order valence-electron chi connectivity index (χ4n) is 2.88. The van der Waals surface area contributed by atoms with Gasteiger partial charge in [-0.05, 0) is 44.5 Å². The Hall–Kier alpha value is -2.89. The van der Waals surface area contributed by atoms with E-state index in [0.717, 1.165) is 28.1 Å². The molecule has 0 aliphatic rings. The number of aryl methyl sites for hydroxylation is 3. The molecule has 3 rings (SSSR count). The number of rotatable bonds is 4. The number of para-hydroxylation sites is 2. The molecule has 6 nitrogen and oxygen atoms in total. The van der Waals surface area contributed by atoms with Gasteiger partial charge in [0.15, 0.2) is 0 Å². The molecule has 0 radical (unpaired) electrons. The van der Waals surface area contributed by atoms with Crippen molar-refractivity contribution in [3.05, 3.63) is 63.3 Å². The minimum absolute atomic E-state index is 0.152. The zero-order valence-electron chi connectivity index (χ0n) is 14.0. The summed E-state index contributed by atoms with van der Waals surface area (Å²) in [5, 5.41) is 2.82. The number of aromatic amines is 1. The molecule has 0 saturated carbocycles. The van der Waals surface area contributed by atoms with Gasteiger partial charge in [0.25, 0.3) is 5.56 Å². The number of hydrogen-bond acceptors (Lipinski definition) is 3. The van der Waals surface area contributed by atoms with Gasteiger partial charge in [-0.25, -0.2) is 4.98 Å². The molecule has 1 aromatic carbocycles. The molecule has 0 saturated heterocycles. The highest BCUT2D eigenvalue weighted by atomic mass is 16.2. The average molecular weight is 324 g/mol. The number of fused-ring (bicyclic) bond motifs is 1. The van der Waals surface area contributed by atoms with Crippen molar-refractivity contribution in [1.29, 1.82) is 0 Å². The van der Waals surface area contributed by atoms with Gasteiger partial charge in [-0.1, -0.05) is 12.1 Å². The number of nitrogens with zero attached hydrogens (tertiary/aromatic N) is 2. The number of amides is 1. The molecule has 2 heterocycles. The average Bonchev–Trinajstić information content (AvgIpc) is 2.82. The van der Waals surface area contributed by atoms with Crippen LogP contribution in [0.4, 0.5) is 0 Å². The molecule has 3 aromatic rings. The molecule has 24 heavy (non-hydrogen) atoms. The first-order valence-electron chi connectivity index (χ1n) is 7.83. The molecule has 124 valence electrons. The summed E-state index contributed by atoms with van der Waals surface area (Å²) >= 11 is 0. The lowest BCUT2D eigenvalue weighted by molar-refractivity contribution is -0.121. The Balaban J connectivity index is 1.74. The number of H-pyrrole nitrogens is 1. The van der Waals surface area contributed by atoms with Crippen molar-refractivity contribution in [3.63, 3.8) is 0 Å². The van der Waals surface area contributed by atoms with E-state index in [1.807, 2.05) is 55.7 Å². The van der Waals surface area contributed by atoms with Crippen molar-refractivity contribution in [2.24, 2.45) is 0 Å². The molecule has 0 unspecified atom stereocenters. The Morgan fingerprint density at radius 2 is 2.00 bits per heavy atom. The second kappa shape index (κ2) is 6.31. The summed E-state index contributed by atoms with van der Waals surface area (Å²) in [6, 6.07) is 9.61. The summed E-state index contributed by atoms with van der Waals surface area (Å²) in [6.45, 7) is 5.98. The molecule has 0 spiro atoms. The third kappa shape index (κ3) is 3.08. The van der Waals surface area contributed by atoms with E-state index >= 15 is 0 Å². The van der Waals surface area contributed by atoms with Gasteiger partial charge in [-0.3, -0.25) is 9.59 Å². The van der Waals surface area contributed by atoms with Gasteiger partial charge >= 0.3 is 0 Å². The summed E-state index contributed by atoms with van der Waals surface area (Å²) in [4.78, 5) is 31.5. The Labute approximate surface area is 139 Å². The van der Waals surface area contributed by atoms with E-state index in [1.165, 1.54) is 0 Å². The highest BCUT2D eigenvalue weighted by molar-refractivity contribution is 5.81. The van der Waals surface area contributed by atoms with Gasteiger partial charge in [0.2, 0.25) is 5.91 Å². The van der Waals surface area contributed by atoms with Gasteiger partial charge in [0, 0.05) is 17.8 Å². The Morgan fingerprint density at radius 1 is 1.25 bits per heavy atom. The number of imidazole rings is 1. The largest absolute Gasteiger partial charge is 0.350 e. The molecule has 0 aliphatic heterocycles. The summed E-state index contributed by atoms with van der Waals surface area (Å²) in [6.07, 6.45) is 0. The van der Waals surface area contributed by atoms with Gasteiger partial charge in [-0.15, -0.1) is 0 Å². The van der Waals surface area contributed by atoms with Gasteiger partial charge < -0.3 is 14.9 Å². The van der Waals surface area contributed by atoms with Crippen LogP contribution in [0.5, 0.6) is 0 Å². The van der Waals surface area contributed by atoms with Crippen LogP contribution in [-0.2, 0) is 17.9 Å². The number of nitrogens with one attached hydrogen (secondary N) is 2. The van der Waals surface area contributed by atoms with Crippen molar-refractivity contribution in [1.82, 2.24) is 19.9 Å². The highest BCUT2D eigenvalue weighted by Crippen LogP contribution is 2.15. The minimum Gasteiger partial charge on any atom is -0.350 e. The van der Waals surface area contributed by atoms with Crippen LogP contribution in [0.15, 0.2) is 35.1 Å². The molecule has 0 fully saturated rings. The number of hydrogen-bond donors (Lipinski definition) is 2. The standard InChI is InChI=1S/C18H20N4O2/c1-11-8-12(2)20-18(24)14(11)9-19-17(23)10-22-13(3)21-15-6-4-5-7-16(15)22/h4-8H,9-10H2,1-3H3,(H,19,23)(H,20,24). The third-order valence-electron chi connectivity index (χ3n) is 4.10. The van der Waals surface area contributed by atoms with E-state index in [1.54, 1.807) is 0 Å². The number of pyridine rings is 1. The van der Waals surface area contributed by atoms with Crippen LogP contribution < -0.4 is 10.9 Å². The molecular formula is C18H20N4O2. The fraction of sp³-hybridized carbons (Fsp3) is 0.278. The van der Waals surface area contributed by atoms with Crippen molar-refractivity contribution < 1.29 is 4.79 Å². The predicted molar refractivity (Wildman–Crippen MR) is 92.9 cm³/mol. The van der Waals surface area contributed by atoms with E-state index in [-0.39, 0.29) is 24.6 Å². The topological polar surface area (TPSA) is 79.8 Å². The first-order valence-corrected chi connectivity index (χ1v) is 7.83. The maximum atomic E-state index is 12.3. The van der Waals surface area contributed by atoms with Crippen LogP contribution in [0, 0.1) is 20.8 Å². The first kappa shape index (κ1) is 16.0. The van der Waals surface area contributed by atoms with Crippen LogP contribution in [0.3, 0.4) is 0 Å². The Morgan fingerprint density at radius 3 is 2.75 bits per heavy atom. The molecule has 1 amide bonds. The molecule has 2 aromatic heterocycles. The van der Waals surface area contributed by atoms with E-state index < -0.39 is 0 Å². The third-order valence-corrected chi connectivity index (χ3v) is 4.10. The number of carbonyl (C=O) groups excluding carboxylic acids is 1. The van der Waals surface area contributed by atoms with Crippen molar-refractivity contribution >= 4 is 16.9 Å². The zero-order chi connectivity index (χ0) is 17.3. The summed E-state index contributed by atoms with van der Waals surface area (Å²) < 4.78 is 1.87. The number of benzene rings is 1. The summed E-state index contributed by atoms with van der Waals surface area (Å²) in [5.41, 5.74) is 3.91. The number of aromatic nitrogens is 3. The lowest BCUT2D eigenvalue weighted by Crippen LogP contribution is -2.30. The van der Waals surface area contributed by atoms with Crippen molar-refractivity contribution in [3.8, 4) is 0 Å². The van der Waals surface area contributed by atoms with E-state index in [9.17, 15) is 9.59 Å². The fourth-order valence-corrected chi connectivity index (χ4v) is 2.88. The van der Waals surface area contributed by atoms with Gasteiger partial charge in [0.1, 0.15) is 12.4 Å². The quantitative estimate of drug-likeness (QED) is 0.770. The van der Waals surface area contributed by atoms with Crippen LogP contribution >= 0.6 is 0 Å². The van der Waals surface area contributed by atoms with Crippen LogP contribution in [-0.4, -0.2) is 20.4 Å². The smallest absolute Gasteiger partial charge is 0.253 e. The summed E-state index contributed by atoms with van der Waals surface area (Å²) in [7, 11) is 0. The molecule has 0 aliphatic carbocycles. The normalized spacial score (nSPS) is 11.0. The van der Waals surface area contributed by atoms with Crippen molar-refractivity contribution in [2.45, 2.75) is 33.9 Å². The first-order chi connectivity index (χ1) is 11.5. The van der Waals surface area contributed by atoms with Crippen LogP contribution in [0.1, 0.15) is 22.6 Å². The Kier molecular flexibility index (Phi) is 4.20. The van der Waals surface area contributed by atoms with E-state index in [0.29, 0.717) is 5.56 Å². The predicted octanol–water partition coefficient (Wildman–Crippen LogP) is 1.97. The van der Waals surface area contributed by atoms with Crippen LogP contribution in [0.25, 0.3) is 11.0 Å². The lowest BCUT2D eigenvalue weighted by atomic mass is 10.1. The van der Waals surface area contributed by atoms with Crippen LogP contribution in [0.2, 0.25) is 0 Å². The highest BCUT2D eigenvalue weighted by Gasteiger charge is 2.12. The second-order valence-electron chi connectivity index (χ2n) is 5.95. The second-order valence-corrected chi connectivity index (χ2v) is 5.95. The molecule has 0 atom stereocenters. The summed E-state index contributed by atoms with van der Waals surface area (Å²) in [5.74, 6) is 0.636. The monoisotopic (exact) mass is 324 g/mol. The Bertz CT molecular complexity index is 969. The van der Waals surface area contributed by atoms with E-state index in [2.05, 4.69) is 15.3 Å². The van der Waals surface area contributed by atoms with Crippen molar-refractivity contribution in [2.75, 3.05) is 0 Å². The molecule has 6 heteroatoms. The SMILES string of the molecule is Cc1cc(C)c(CNC(=O)Cn2c(C)nc3ccccc32)c(=O)[nH]1. The van der Waals surface area contributed by atoms with Gasteiger partial charge in [-0.2, -0.15) is 0 Å². The maximum absolute atomic E-state index is 12.3. The van der Waals surface area contributed by atoms with E-state index in [4.69, 9.17) is 0 Å². The molecular weight excluding hydrogens is 304 g/mol. The maximum Gasteiger partial charge on any atom is 0.253 e. The number of carbonyl (C=O) groups is 1. The molecule has 0 bridgehead atoms. The molecule has 2 N–H and O–H groups in total. The zero-order valence-corrected chi connectivity index (χ0v) is 14.0. The minimum atomic E-state index is -0.155.